The van der Waals surface area contributed by atoms with Crippen LogP contribution in [0, 0.1) is 5.82 Å². The second-order valence-electron chi connectivity index (χ2n) is 6.21. The Bertz CT molecular complexity index is 1030. The van der Waals surface area contributed by atoms with Crippen LogP contribution in [0.1, 0.15) is 22.3 Å². The van der Waals surface area contributed by atoms with Crippen molar-refractivity contribution in [3.8, 4) is 5.75 Å². The Balaban J connectivity index is 1.88. The lowest BCUT2D eigenvalue weighted by molar-refractivity contribution is 0.00482. The van der Waals surface area contributed by atoms with E-state index in [9.17, 15) is 26.4 Å². The van der Waals surface area contributed by atoms with Crippen molar-refractivity contribution in [1.82, 2.24) is 4.72 Å². The van der Waals surface area contributed by atoms with Gasteiger partial charge in [0.2, 0.25) is 10.0 Å². The van der Waals surface area contributed by atoms with E-state index in [0.29, 0.717) is 0 Å². The number of benzene rings is 2. The van der Waals surface area contributed by atoms with Crippen molar-refractivity contribution >= 4 is 21.6 Å². The molecule has 3 rings (SSSR count). The van der Waals surface area contributed by atoms with Crippen molar-refractivity contribution in [2.75, 3.05) is 25.6 Å². The third-order valence-corrected chi connectivity index (χ3v) is 5.69. The number of anilines is 1. The average molecular weight is 430 g/mol. The molecule has 0 bridgehead atoms. The van der Waals surface area contributed by atoms with Crippen LogP contribution in [0.25, 0.3) is 0 Å². The van der Waals surface area contributed by atoms with Crippen LogP contribution in [-0.4, -0.2) is 40.7 Å². The topological polar surface area (TPSA) is 93.7 Å². The molecule has 2 N–H and O–H groups in total. The summed E-state index contributed by atoms with van der Waals surface area (Å²) in [7, 11) is -2.62. The second kappa shape index (κ2) is 8.39. The summed E-state index contributed by atoms with van der Waals surface area (Å²) in [6, 6.07) is 6.05. The van der Waals surface area contributed by atoms with Crippen LogP contribution in [-0.2, 0) is 14.8 Å². The molecule has 1 fully saturated rings. The summed E-state index contributed by atoms with van der Waals surface area (Å²) in [5.74, 6) is -1.84. The van der Waals surface area contributed by atoms with Crippen molar-refractivity contribution in [2.45, 2.75) is 17.4 Å². The van der Waals surface area contributed by atoms with Gasteiger partial charge in [-0.2, -0.15) is 0 Å². The number of nitrogens with one attached hydrogen (secondary N) is 2. The second-order valence-corrected chi connectivity index (χ2v) is 7.92. The van der Waals surface area contributed by atoms with Gasteiger partial charge >= 0.3 is 0 Å². The van der Waals surface area contributed by atoms with E-state index in [4.69, 9.17) is 9.47 Å². The highest BCUT2D eigenvalue weighted by atomic mass is 32.2. The van der Waals surface area contributed by atoms with Crippen molar-refractivity contribution in [2.24, 2.45) is 0 Å². The van der Waals surface area contributed by atoms with Crippen LogP contribution in [0.15, 0.2) is 41.3 Å². The smallest absolute Gasteiger partial charge is 0.266 e. The van der Waals surface area contributed by atoms with E-state index >= 15 is 0 Å². The molecule has 0 spiro atoms. The van der Waals surface area contributed by atoms with Crippen LogP contribution in [0.2, 0.25) is 0 Å². The number of carbonyl (C=O) groups is 1. The number of carbonyl (C=O) groups excluding carboxylic acids is 1. The first kappa shape index (κ1) is 21.1. The molecular weight excluding hydrogens is 413 g/mol. The molecule has 2 aromatic carbocycles. The molecule has 156 valence electrons. The van der Waals surface area contributed by atoms with E-state index in [-0.39, 0.29) is 41.2 Å². The summed E-state index contributed by atoms with van der Waals surface area (Å²) in [4.78, 5) is 12.4. The molecule has 11 heteroatoms. The summed E-state index contributed by atoms with van der Waals surface area (Å²) in [5.41, 5.74) is -1.08. The summed E-state index contributed by atoms with van der Waals surface area (Å²) >= 11 is 0. The number of ether oxygens (including phenoxy) is 2. The van der Waals surface area contributed by atoms with Gasteiger partial charge in [-0.25, -0.2) is 26.3 Å². The molecule has 1 aliphatic rings. The monoisotopic (exact) mass is 430 g/mol. The van der Waals surface area contributed by atoms with E-state index in [1.54, 1.807) is 0 Å². The maximum absolute atomic E-state index is 13.4. The zero-order chi connectivity index (χ0) is 21.2. The number of rotatable bonds is 7. The molecule has 2 aromatic rings. The van der Waals surface area contributed by atoms with Crippen molar-refractivity contribution in [1.29, 1.82) is 0 Å². The number of halogens is 3. The number of alkyl halides is 2. The Hall–Kier alpha value is -2.63. The van der Waals surface area contributed by atoms with E-state index < -0.39 is 33.7 Å². The summed E-state index contributed by atoms with van der Waals surface area (Å²) in [5, 5.41) is 2.34. The Labute approximate surface area is 164 Å². The molecule has 7 nitrogen and oxygen atoms in total. The van der Waals surface area contributed by atoms with Gasteiger partial charge in [0.1, 0.15) is 11.6 Å². The molecule has 0 saturated carbocycles. The lowest BCUT2D eigenvalue weighted by Gasteiger charge is -2.26. The zero-order valence-electron chi connectivity index (χ0n) is 15.1. The fourth-order valence-electron chi connectivity index (χ4n) is 2.61. The summed E-state index contributed by atoms with van der Waals surface area (Å²) in [6.07, 6.45) is -3.06. The first-order valence-corrected chi connectivity index (χ1v) is 9.86. The van der Waals surface area contributed by atoms with Gasteiger partial charge in [0.25, 0.3) is 12.3 Å². The van der Waals surface area contributed by atoms with Crippen molar-refractivity contribution < 1.29 is 35.9 Å². The Morgan fingerprint density at radius 2 is 1.93 bits per heavy atom. The molecule has 0 atom stereocenters. The molecule has 0 unspecified atom stereocenters. The number of hydrogen-bond acceptors (Lipinski definition) is 5. The van der Waals surface area contributed by atoms with Crippen molar-refractivity contribution in [3.05, 3.63) is 53.3 Å². The van der Waals surface area contributed by atoms with Gasteiger partial charge in [-0.05, 0) is 36.4 Å². The Kier molecular flexibility index (Phi) is 6.10. The first-order valence-electron chi connectivity index (χ1n) is 8.38. The first-order chi connectivity index (χ1) is 13.7. The summed E-state index contributed by atoms with van der Waals surface area (Å²) in [6.45, 7) is 0.500. The largest absolute Gasteiger partial charge is 0.496 e. The minimum Gasteiger partial charge on any atom is -0.496 e. The lowest BCUT2D eigenvalue weighted by atomic mass is 10.1. The lowest BCUT2D eigenvalue weighted by Crippen LogP contribution is -2.48. The van der Waals surface area contributed by atoms with E-state index in [0.717, 1.165) is 24.3 Å². The Morgan fingerprint density at radius 1 is 1.21 bits per heavy atom. The number of amides is 1. The highest BCUT2D eigenvalue weighted by molar-refractivity contribution is 7.89. The van der Waals surface area contributed by atoms with Crippen molar-refractivity contribution in [3.63, 3.8) is 0 Å². The molecular formula is C18H17F3N2O5S. The molecule has 1 heterocycles. The normalized spacial score (nSPS) is 14.5. The molecule has 0 radical (unpaired) electrons. The molecule has 1 saturated heterocycles. The highest BCUT2D eigenvalue weighted by Crippen LogP contribution is 2.27. The highest BCUT2D eigenvalue weighted by Gasteiger charge is 2.27. The third-order valence-electron chi connectivity index (χ3n) is 4.17. The predicted octanol–water partition coefficient (Wildman–Crippen LogP) is 2.70. The Morgan fingerprint density at radius 3 is 2.52 bits per heavy atom. The predicted molar refractivity (Wildman–Crippen MR) is 97.2 cm³/mol. The maximum atomic E-state index is 13.4. The fourth-order valence-corrected chi connectivity index (χ4v) is 3.84. The van der Waals surface area contributed by atoms with Gasteiger partial charge in [-0.15, -0.1) is 0 Å². The van der Waals surface area contributed by atoms with Crippen LogP contribution < -0.4 is 14.8 Å². The van der Waals surface area contributed by atoms with E-state index in [1.807, 2.05) is 0 Å². The quantitative estimate of drug-likeness (QED) is 0.705. The standard InChI is InChI=1S/C18H17F3N2O5S/c1-27-16-5-3-12(29(25,26)23-11-8-28-9-11)7-14(16)18(24)22-10-2-4-15(19)13(6-10)17(20)21/h2-7,11,17,23H,8-9H2,1H3,(H,22,24). The van der Waals surface area contributed by atoms with Crippen LogP contribution >= 0.6 is 0 Å². The fraction of sp³-hybridized carbons (Fsp3) is 0.278. The number of sulfonamides is 1. The van der Waals surface area contributed by atoms with E-state index in [2.05, 4.69) is 10.0 Å². The zero-order valence-corrected chi connectivity index (χ0v) is 15.9. The van der Waals surface area contributed by atoms with Gasteiger partial charge in [-0.3, -0.25) is 4.79 Å². The average Bonchev–Trinajstić information content (AvgIpc) is 2.65. The number of methoxy groups -OCH3 is 1. The van der Waals surface area contributed by atoms with Gasteiger partial charge in [0.05, 0.1) is 42.4 Å². The van der Waals surface area contributed by atoms with Crippen LogP contribution in [0.3, 0.4) is 0 Å². The van der Waals surface area contributed by atoms with Crippen LogP contribution in [0.4, 0.5) is 18.9 Å². The van der Waals surface area contributed by atoms with Crippen LogP contribution in [0.5, 0.6) is 5.75 Å². The minimum absolute atomic E-state index is 0.0737. The van der Waals surface area contributed by atoms with Gasteiger partial charge in [-0.1, -0.05) is 0 Å². The maximum Gasteiger partial charge on any atom is 0.266 e. The third kappa shape index (κ3) is 4.69. The van der Waals surface area contributed by atoms with Gasteiger partial charge < -0.3 is 14.8 Å². The molecule has 0 aromatic heterocycles. The van der Waals surface area contributed by atoms with Gasteiger partial charge in [0.15, 0.2) is 0 Å². The SMILES string of the molecule is COc1ccc(S(=O)(=O)NC2COC2)cc1C(=O)Nc1ccc(F)c(C(F)F)c1. The van der Waals surface area contributed by atoms with E-state index in [1.165, 1.54) is 19.2 Å². The molecule has 1 amide bonds. The van der Waals surface area contributed by atoms with Gasteiger partial charge in [0, 0.05) is 5.69 Å². The molecule has 29 heavy (non-hydrogen) atoms. The minimum atomic E-state index is -3.91. The summed E-state index contributed by atoms with van der Waals surface area (Å²) < 4.78 is 76.5. The molecule has 1 aliphatic heterocycles. The number of hydrogen-bond donors (Lipinski definition) is 2. The molecule has 0 aliphatic carbocycles.